The number of aliphatic hydroxyl groups is 1. The Bertz CT molecular complexity index is 1850. The zero-order valence-corrected chi connectivity index (χ0v) is 33.2. The molecule has 1 atom stereocenters. The average molecular weight is 763 g/mol. The molecular weight excluding hydrogens is 712 g/mol. The van der Waals surface area contributed by atoms with Crippen LogP contribution in [-0.2, 0) is 38.4 Å². The lowest BCUT2D eigenvalue weighted by Gasteiger charge is -2.37. The zero-order valence-electron chi connectivity index (χ0n) is 30.8. The van der Waals surface area contributed by atoms with Crippen LogP contribution >= 0.6 is 10.7 Å². The first-order valence-electron chi connectivity index (χ1n) is 17.3. The van der Waals surface area contributed by atoms with E-state index in [1.807, 2.05) is 64.1 Å². The maximum atomic E-state index is 12.8. The number of aliphatic hydroxyl groups excluding tert-OH is 1. The van der Waals surface area contributed by atoms with Gasteiger partial charge in [0.2, 0.25) is 0 Å². The molecule has 2 aromatic carbocycles. The number of nitrogens with one attached hydrogen (secondary N) is 2. The van der Waals surface area contributed by atoms with Gasteiger partial charge in [-0.15, -0.1) is 0 Å². The molecule has 2 aliphatic heterocycles. The van der Waals surface area contributed by atoms with E-state index >= 15 is 0 Å². The Morgan fingerprint density at radius 1 is 0.784 bits per heavy atom. The van der Waals surface area contributed by atoms with Gasteiger partial charge in [-0.1, -0.05) is 61.4 Å². The second-order valence-corrected chi connectivity index (χ2v) is 17.7. The Morgan fingerprint density at radius 3 is 1.61 bits per heavy atom. The van der Waals surface area contributed by atoms with Crippen molar-refractivity contribution >= 4 is 54.1 Å². The third-order valence-corrected chi connectivity index (χ3v) is 11.6. The maximum Gasteiger partial charge on any atom is 0.306 e. The molecule has 4 aliphatic rings. The van der Waals surface area contributed by atoms with Gasteiger partial charge in [0.15, 0.2) is 5.76 Å². The van der Waals surface area contributed by atoms with Crippen molar-refractivity contribution in [3.63, 3.8) is 0 Å². The highest BCUT2D eigenvalue weighted by molar-refractivity contribution is 8.04. The lowest BCUT2D eigenvalue weighted by Crippen LogP contribution is -2.47. The number of rotatable bonds is 5. The molecular formula is C38H51ClN2O8S2. The van der Waals surface area contributed by atoms with Gasteiger partial charge in [-0.05, 0) is 113 Å². The number of hydrogen-bond donors (Lipinski definition) is 3. The SMILES string of the molecule is COS(=O)Cl.Cc1ccc(C)c(C2=C(O)C3(CCC(C)CC3)NC2=O)c1.Cc1ccc(C)c(C2=C(OS(C)(=O)=O)C3(CCC(C)CC3)NC2=O)c1. The van der Waals surface area contributed by atoms with Crippen molar-refractivity contribution in [3.05, 3.63) is 81.3 Å². The molecule has 51 heavy (non-hydrogen) atoms. The van der Waals surface area contributed by atoms with Crippen LogP contribution in [0.25, 0.3) is 11.1 Å². The van der Waals surface area contributed by atoms with Gasteiger partial charge >= 0.3 is 10.1 Å². The van der Waals surface area contributed by atoms with Gasteiger partial charge < -0.3 is 19.9 Å². The average Bonchev–Trinajstić information content (AvgIpc) is 3.45. The van der Waals surface area contributed by atoms with Crippen molar-refractivity contribution in [1.82, 2.24) is 10.6 Å². The fraction of sp³-hybridized carbons (Fsp3) is 0.526. The molecule has 2 fully saturated rings. The predicted octanol–water partition coefficient (Wildman–Crippen LogP) is 7.17. The summed E-state index contributed by atoms with van der Waals surface area (Å²) in [5, 5.41) is 16.9. The van der Waals surface area contributed by atoms with Crippen LogP contribution in [0.2, 0.25) is 0 Å². The predicted molar refractivity (Wildman–Crippen MR) is 202 cm³/mol. The van der Waals surface area contributed by atoms with Crippen molar-refractivity contribution in [1.29, 1.82) is 0 Å². The molecule has 2 aliphatic carbocycles. The fourth-order valence-electron chi connectivity index (χ4n) is 7.37. The Morgan fingerprint density at radius 2 is 1.18 bits per heavy atom. The van der Waals surface area contributed by atoms with Gasteiger partial charge in [-0.2, -0.15) is 8.42 Å². The van der Waals surface area contributed by atoms with Gasteiger partial charge in [-0.3, -0.25) is 13.8 Å². The van der Waals surface area contributed by atoms with E-state index in [0.717, 1.165) is 78.2 Å². The number of benzene rings is 2. The lowest BCUT2D eigenvalue weighted by atomic mass is 9.76. The molecule has 6 rings (SSSR count). The summed E-state index contributed by atoms with van der Waals surface area (Å²) in [5.41, 5.74) is 5.27. The van der Waals surface area contributed by atoms with Gasteiger partial charge in [-0.25, -0.2) is 4.21 Å². The Labute approximate surface area is 309 Å². The van der Waals surface area contributed by atoms with Crippen molar-refractivity contribution < 1.29 is 35.7 Å². The summed E-state index contributed by atoms with van der Waals surface area (Å²) in [6, 6.07) is 11.9. The summed E-state index contributed by atoms with van der Waals surface area (Å²) < 4.78 is 42.7. The lowest BCUT2D eigenvalue weighted by molar-refractivity contribution is -0.117. The molecule has 280 valence electrons. The van der Waals surface area contributed by atoms with Gasteiger partial charge in [0, 0.05) is 10.7 Å². The van der Waals surface area contributed by atoms with Crippen LogP contribution in [0.5, 0.6) is 0 Å². The largest absolute Gasteiger partial charge is 0.509 e. The summed E-state index contributed by atoms with van der Waals surface area (Å²) in [6.45, 7) is 12.3. The van der Waals surface area contributed by atoms with E-state index in [0.29, 0.717) is 35.8 Å². The van der Waals surface area contributed by atoms with E-state index in [4.69, 9.17) is 14.9 Å². The topological polar surface area (TPSA) is 148 Å². The van der Waals surface area contributed by atoms with E-state index in [1.54, 1.807) is 0 Å². The molecule has 2 aromatic rings. The Kier molecular flexibility index (Phi) is 12.9. The summed E-state index contributed by atoms with van der Waals surface area (Å²) in [7, 11) is 0.645. The number of halogens is 1. The zero-order chi connectivity index (χ0) is 37.9. The van der Waals surface area contributed by atoms with E-state index in [2.05, 4.69) is 28.7 Å². The number of amides is 2. The summed E-state index contributed by atoms with van der Waals surface area (Å²) in [5.74, 6) is 1.39. The van der Waals surface area contributed by atoms with Crippen LogP contribution in [0.15, 0.2) is 47.9 Å². The van der Waals surface area contributed by atoms with Crippen LogP contribution in [0.4, 0.5) is 0 Å². The first-order valence-corrected chi connectivity index (χ1v) is 21.0. The first kappa shape index (κ1) is 40.6. The van der Waals surface area contributed by atoms with Crippen LogP contribution < -0.4 is 10.6 Å². The molecule has 3 N–H and O–H groups in total. The minimum Gasteiger partial charge on any atom is -0.509 e. The van der Waals surface area contributed by atoms with Gasteiger partial charge in [0.25, 0.3) is 22.1 Å². The first-order chi connectivity index (χ1) is 23.8. The van der Waals surface area contributed by atoms with E-state index in [-0.39, 0.29) is 23.3 Å². The molecule has 2 spiro atoms. The van der Waals surface area contributed by atoms with Crippen LogP contribution in [-0.4, -0.2) is 54.0 Å². The molecule has 0 saturated heterocycles. The number of carbonyl (C=O) groups excluding carboxylic acids is 2. The molecule has 2 heterocycles. The number of hydrogen-bond acceptors (Lipinski definition) is 8. The Balaban J connectivity index is 0.000000204. The van der Waals surface area contributed by atoms with Gasteiger partial charge in [0.1, 0.15) is 11.3 Å². The molecule has 0 radical (unpaired) electrons. The second kappa shape index (κ2) is 16.2. The highest BCUT2D eigenvalue weighted by Gasteiger charge is 2.50. The van der Waals surface area contributed by atoms with Crippen LogP contribution in [0.3, 0.4) is 0 Å². The fourth-order valence-corrected chi connectivity index (χ4v) is 7.91. The summed E-state index contributed by atoms with van der Waals surface area (Å²) in [4.78, 5) is 25.3. The molecule has 0 bridgehead atoms. The van der Waals surface area contributed by atoms with Crippen molar-refractivity contribution in [2.24, 2.45) is 11.8 Å². The van der Waals surface area contributed by atoms with Crippen molar-refractivity contribution in [2.45, 2.75) is 104 Å². The molecule has 2 saturated carbocycles. The van der Waals surface area contributed by atoms with E-state index < -0.39 is 31.5 Å². The normalized spacial score (nSPS) is 26.6. The molecule has 2 amide bonds. The quantitative estimate of drug-likeness (QED) is 0.215. The third-order valence-electron chi connectivity index (χ3n) is 10.5. The summed E-state index contributed by atoms with van der Waals surface area (Å²) >= 11 is 0. The highest BCUT2D eigenvalue weighted by atomic mass is 35.7. The summed E-state index contributed by atoms with van der Waals surface area (Å²) in [6.07, 6.45) is 8.03. The van der Waals surface area contributed by atoms with E-state index in [9.17, 15) is 27.3 Å². The number of aryl methyl sites for hydroxylation is 4. The highest BCUT2D eigenvalue weighted by Crippen LogP contribution is 2.46. The van der Waals surface area contributed by atoms with E-state index in [1.165, 1.54) is 7.11 Å². The molecule has 1 unspecified atom stereocenters. The van der Waals surface area contributed by atoms with Crippen LogP contribution in [0, 0.1) is 39.5 Å². The molecule has 0 aromatic heterocycles. The Hall–Kier alpha value is -3.19. The minimum absolute atomic E-state index is 0.129. The van der Waals surface area contributed by atoms with Crippen molar-refractivity contribution in [3.8, 4) is 0 Å². The maximum absolute atomic E-state index is 12.8. The minimum atomic E-state index is -3.73. The second-order valence-electron chi connectivity index (χ2n) is 14.7. The van der Waals surface area contributed by atoms with Crippen LogP contribution in [0.1, 0.15) is 98.6 Å². The monoisotopic (exact) mass is 762 g/mol. The van der Waals surface area contributed by atoms with Crippen molar-refractivity contribution in [2.75, 3.05) is 13.4 Å². The standard InChI is InChI=1S/C19H25NO4S.C18H23NO2.CH3ClO2S/c1-12-7-9-19(10-8-12)17(24-25(4,22)23)16(18(21)20-19)15-11-13(2)5-6-14(15)3;1-11-6-8-18(9-7-11)16(20)15(17(21)19-18)14-10-12(2)4-5-13(14)3;1-4-5(2)3/h5-6,11-12H,7-10H2,1-4H3,(H,20,21);4-5,10-11,20H,6-9H2,1-3H3,(H,19,21);1H3. The third kappa shape index (κ3) is 9.43. The molecule has 10 nitrogen and oxygen atoms in total. The molecule has 13 heteroatoms. The number of carbonyl (C=O) groups is 2. The smallest absolute Gasteiger partial charge is 0.306 e. The van der Waals surface area contributed by atoms with Gasteiger partial charge in [0.05, 0.1) is 30.1 Å².